The second kappa shape index (κ2) is 5.78. The van der Waals surface area contributed by atoms with Crippen LogP contribution in [0.15, 0.2) is 36.4 Å². The predicted molar refractivity (Wildman–Crippen MR) is 81.2 cm³/mol. The summed E-state index contributed by atoms with van der Waals surface area (Å²) in [4.78, 5) is 0. The molecule has 2 aromatic rings. The number of benzene rings is 2. The van der Waals surface area contributed by atoms with Crippen molar-refractivity contribution in [2.75, 3.05) is 11.5 Å². The van der Waals surface area contributed by atoms with Gasteiger partial charge in [0.1, 0.15) is 0 Å². The van der Waals surface area contributed by atoms with Gasteiger partial charge in [-0.1, -0.05) is 24.3 Å². The summed E-state index contributed by atoms with van der Waals surface area (Å²) in [5, 5.41) is 0. The number of anilines is 2. The van der Waals surface area contributed by atoms with E-state index in [0.717, 1.165) is 28.9 Å². The first-order chi connectivity index (χ1) is 8.06. The van der Waals surface area contributed by atoms with Crippen molar-refractivity contribution in [1.29, 1.82) is 0 Å². The normalized spacial score (nSPS) is 9.89. The minimum Gasteiger partial charge on any atom is -0.399 e. The Morgan fingerprint density at radius 2 is 1.17 bits per heavy atom. The Kier molecular flexibility index (Phi) is 4.62. The van der Waals surface area contributed by atoms with Crippen LogP contribution in [0.5, 0.6) is 0 Å². The smallest absolute Gasteiger partial charge is 0.0343 e. The van der Waals surface area contributed by atoms with Crippen molar-refractivity contribution in [3.8, 4) is 0 Å². The van der Waals surface area contributed by atoms with Crippen LogP contribution in [0.4, 0.5) is 11.4 Å². The highest BCUT2D eigenvalue weighted by Crippen LogP contribution is 2.18. The zero-order valence-electron chi connectivity index (χ0n) is 10.7. The molecule has 2 rings (SSSR count). The Morgan fingerprint density at radius 3 is 1.50 bits per heavy atom. The molecule has 0 aromatic heterocycles. The largest absolute Gasteiger partial charge is 0.399 e. The summed E-state index contributed by atoms with van der Waals surface area (Å²) in [5.41, 5.74) is 18.1. The zero-order valence-corrected chi connectivity index (χ0v) is 11.6. The summed E-state index contributed by atoms with van der Waals surface area (Å²) < 4.78 is 0. The van der Waals surface area contributed by atoms with Crippen LogP contribution in [0.3, 0.4) is 0 Å². The van der Waals surface area contributed by atoms with Gasteiger partial charge < -0.3 is 11.5 Å². The molecular weight excluding hydrogens is 244 g/mol. The molecule has 0 aliphatic carbocycles. The lowest BCUT2D eigenvalue weighted by atomic mass is 10.0. The topological polar surface area (TPSA) is 52.0 Å². The summed E-state index contributed by atoms with van der Waals surface area (Å²) in [7, 11) is 0. The van der Waals surface area contributed by atoms with Crippen molar-refractivity contribution in [1.82, 2.24) is 0 Å². The summed E-state index contributed by atoms with van der Waals surface area (Å²) in [5.74, 6) is 0. The molecule has 0 spiro atoms. The van der Waals surface area contributed by atoms with Crippen molar-refractivity contribution < 1.29 is 0 Å². The first kappa shape index (κ1) is 14.4. The Balaban J connectivity index is 0.00000162. The summed E-state index contributed by atoms with van der Waals surface area (Å²) in [6.07, 6.45) is 0.919. The van der Waals surface area contributed by atoms with Gasteiger partial charge in [0.15, 0.2) is 0 Å². The molecule has 0 aliphatic rings. The maximum absolute atomic E-state index is 5.81. The van der Waals surface area contributed by atoms with Crippen LogP contribution in [0.1, 0.15) is 22.3 Å². The number of hydrogen-bond acceptors (Lipinski definition) is 2. The average molecular weight is 263 g/mol. The first-order valence-corrected chi connectivity index (χ1v) is 5.76. The molecule has 0 amide bonds. The number of rotatable bonds is 2. The summed E-state index contributed by atoms with van der Waals surface area (Å²) in [6.45, 7) is 4.07. The maximum Gasteiger partial charge on any atom is 0.0343 e. The van der Waals surface area contributed by atoms with Crippen LogP contribution in [0.2, 0.25) is 0 Å². The fraction of sp³-hybridized carbons (Fsp3) is 0.200. The molecule has 2 nitrogen and oxygen atoms in total. The maximum atomic E-state index is 5.81. The van der Waals surface area contributed by atoms with Gasteiger partial charge in [0.25, 0.3) is 0 Å². The lowest BCUT2D eigenvalue weighted by Crippen LogP contribution is -1.95. The van der Waals surface area contributed by atoms with E-state index < -0.39 is 0 Å². The Morgan fingerprint density at radius 1 is 0.778 bits per heavy atom. The quantitative estimate of drug-likeness (QED) is 0.814. The third kappa shape index (κ3) is 3.17. The van der Waals surface area contributed by atoms with Gasteiger partial charge in [-0.15, -0.1) is 12.4 Å². The second-order valence-electron chi connectivity index (χ2n) is 4.56. The number of aryl methyl sites for hydroxylation is 2. The monoisotopic (exact) mass is 262 g/mol. The molecule has 96 valence electrons. The Hall–Kier alpha value is -1.67. The third-order valence-corrected chi connectivity index (χ3v) is 3.08. The third-order valence-electron chi connectivity index (χ3n) is 3.08. The van der Waals surface area contributed by atoms with Gasteiger partial charge in [-0.2, -0.15) is 0 Å². The molecule has 18 heavy (non-hydrogen) atoms. The van der Waals surface area contributed by atoms with E-state index in [2.05, 4.69) is 24.3 Å². The van der Waals surface area contributed by atoms with Gasteiger partial charge in [0, 0.05) is 11.4 Å². The predicted octanol–water partition coefficient (Wildman–Crippen LogP) is 3.48. The van der Waals surface area contributed by atoms with Crippen LogP contribution < -0.4 is 11.5 Å². The fourth-order valence-corrected chi connectivity index (χ4v) is 1.93. The first-order valence-electron chi connectivity index (χ1n) is 5.76. The SMILES string of the molecule is Cc1cc(Cc2ccc(N)c(C)c2)ccc1N.Cl. The van der Waals surface area contributed by atoms with Crippen LogP contribution in [-0.4, -0.2) is 0 Å². The number of halogens is 1. The Bertz CT molecular complexity index is 501. The van der Waals surface area contributed by atoms with Crippen molar-refractivity contribution in [3.05, 3.63) is 58.7 Å². The van der Waals surface area contributed by atoms with E-state index >= 15 is 0 Å². The molecule has 3 heteroatoms. The van der Waals surface area contributed by atoms with E-state index in [-0.39, 0.29) is 12.4 Å². The van der Waals surface area contributed by atoms with E-state index in [0.29, 0.717) is 0 Å². The van der Waals surface area contributed by atoms with Gasteiger partial charge in [-0.3, -0.25) is 0 Å². The van der Waals surface area contributed by atoms with E-state index in [1.54, 1.807) is 0 Å². The van der Waals surface area contributed by atoms with Crippen LogP contribution in [0.25, 0.3) is 0 Å². The number of hydrogen-bond donors (Lipinski definition) is 2. The van der Waals surface area contributed by atoms with Gasteiger partial charge in [-0.05, 0) is 54.7 Å². The standard InChI is InChI=1S/C15H18N2.ClH/c1-10-7-12(3-5-14(10)16)9-13-4-6-15(17)11(2)8-13;/h3-8H,9,16-17H2,1-2H3;1H. The summed E-state index contributed by atoms with van der Waals surface area (Å²) >= 11 is 0. The summed E-state index contributed by atoms with van der Waals surface area (Å²) in [6, 6.07) is 12.4. The van der Waals surface area contributed by atoms with Crippen molar-refractivity contribution >= 4 is 23.8 Å². The van der Waals surface area contributed by atoms with Crippen molar-refractivity contribution in [3.63, 3.8) is 0 Å². The van der Waals surface area contributed by atoms with E-state index in [1.807, 2.05) is 26.0 Å². The van der Waals surface area contributed by atoms with Crippen molar-refractivity contribution in [2.45, 2.75) is 20.3 Å². The van der Waals surface area contributed by atoms with E-state index in [9.17, 15) is 0 Å². The zero-order chi connectivity index (χ0) is 12.4. The molecule has 0 atom stereocenters. The molecule has 0 bridgehead atoms. The minimum atomic E-state index is 0. The molecule has 0 fully saturated rings. The van der Waals surface area contributed by atoms with E-state index in [1.165, 1.54) is 11.1 Å². The van der Waals surface area contributed by atoms with Gasteiger partial charge in [0.05, 0.1) is 0 Å². The van der Waals surface area contributed by atoms with Crippen LogP contribution in [0, 0.1) is 13.8 Å². The molecular formula is C15H19ClN2. The van der Waals surface area contributed by atoms with E-state index in [4.69, 9.17) is 11.5 Å². The van der Waals surface area contributed by atoms with Crippen LogP contribution >= 0.6 is 12.4 Å². The molecule has 0 heterocycles. The average Bonchev–Trinajstić information content (AvgIpc) is 2.29. The lowest BCUT2D eigenvalue weighted by molar-refractivity contribution is 1.17. The van der Waals surface area contributed by atoms with Crippen molar-refractivity contribution in [2.24, 2.45) is 0 Å². The van der Waals surface area contributed by atoms with Crippen LogP contribution in [-0.2, 0) is 6.42 Å². The molecule has 0 aliphatic heterocycles. The molecule has 0 saturated carbocycles. The molecule has 0 saturated heterocycles. The molecule has 0 unspecified atom stereocenters. The highest BCUT2D eigenvalue weighted by atomic mass is 35.5. The van der Waals surface area contributed by atoms with Gasteiger partial charge in [-0.25, -0.2) is 0 Å². The fourth-order valence-electron chi connectivity index (χ4n) is 1.93. The lowest BCUT2D eigenvalue weighted by Gasteiger charge is -2.07. The van der Waals surface area contributed by atoms with Gasteiger partial charge >= 0.3 is 0 Å². The molecule has 2 aromatic carbocycles. The highest BCUT2D eigenvalue weighted by molar-refractivity contribution is 5.85. The molecule has 0 radical (unpaired) electrons. The van der Waals surface area contributed by atoms with Gasteiger partial charge in [0.2, 0.25) is 0 Å². The Labute approximate surface area is 114 Å². The number of nitrogens with two attached hydrogens (primary N) is 2. The minimum absolute atomic E-state index is 0. The second-order valence-corrected chi connectivity index (χ2v) is 4.56. The molecule has 4 N–H and O–H groups in total. The highest BCUT2D eigenvalue weighted by Gasteiger charge is 2.01. The number of nitrogen functional groups attached to an aromatic ring is 2.